The Morgan fingerprint density at radius 2 is 1.71 bits per heavy atom. The van der Waals surface area contributed by atoms with Crippen molar-refractivity contribution in [2.75, 3.05) is 63.1 Å². The van der Waals surface area contributed by atoms with E-state index in [9.17, 15) is 18.8 Å². The van der Waals surface area contributed by atoms with Crippen LogP contribution in [0.2, 0.25) is 0 Å². The number of nitrogens with zero attached hydrogens (tertiary/aromatic N) is 3. The Kier molecular flexibility index (Phi) is 11.7. The van der Waals surface area contributed by atoms with E-state index in [1.54, 1.807) is 67.0 Å². The van der Waals surface area contributed by atoms with Crippen LogP contribution in [0.1, 0.15) is 29.3 Å². The molecule has 2 aromatic heterocycles. The number of aromatic amines is 1. The molecule has 1 aliphatic rings. The number of hydrogen-bond donors (Lipinski definition) is 4. The zero-order chi connectivity index (χ0) is 33.9. The molecule has 0 radical (unpaired) electrons. The molecule has 1 aliphatic heterocycles. The zero-order valence-electron chi connectivity index (χ0n) is 27.1. The summed E-state index contributed by atoms with van der Waals surface area (Å²) < 4.78 is 25.0. The Hall–Kier alpha value is -5.27. The minimum atomic E-state index is -0.565. The lowest BCUT2D eigenvalue weighted by Gasteiger charge is -2.34. The van der Waals surface area contributed by atoms with E-state index in [-0.39, 0.29) is 17.6 Å². The van der Waals surface area contributed by atoms with Gasteiger partial charge in [-0.15, -0.1) is 0 Å². The van der Waals surface area contributed by atoms with Gasteiger partial charge in [-0.05, 0) is 80.9 Å². The van der Waals surface area contributed by atoms with E-state index in [1.807, 2.05) is 13.8 Å². The molecular formula is C35H40FN7O5. The number of rotatable bonds is 13. The molecule has 13 heteroatoms. The van der Waals surface area contributed by atoms with Gasteiger partial charge >= 0.3 is 12.0 Å². The summed E-state index contributed by atoms with van der Waals surface area (Å²) in [7, 11) is 0. The first kappa shape index (κ1) is 34.1. The minimum Gasteiger partial charge on any atom is -0.465 e. The summed E-state index contributed by atoms with van der Waals surface area (Å²) >= 11 is 0. The Bertz CT molecular complexity index is 1700. The second-order valence-corrected chi connectivity index (χ2v) is 11.4. The van der Waals surface area contributed by atoms with Crippen LogP contribution < -0.4 is 20.7 Å². The van der Waals surface area contributed by atoms with E-state index >= 15 is 0 Å². The van der Waals surface area contributed by atoms with Crippen molar-refractivity contribution < 1.29 is 28.2 Å². The number of benzene rings is 2. The number of ether oxygens (including phenoxy) is 2. The molecule has 0 unspecified atom stereocenters. The second-order valence-electron chi connectivity index (χ2n) is 11.4. The van der Waals surface area contributed by atoms with Crippen molar-refractivity contribution in [2.24, 2.45) is 0 Å². The normalized spacial score (nSPS) is 13.5. The van der Waals surface area contributed by atoms with Gasteiger partial charge < -0.3 is 35.3 Å². The summed E-state index contributed by atoms with van der Waals surface area (Å²) in [5.41, 5.74) is 3.21. The van der Waals surface area contributed by atoms with Crippen LogP contribution in [0.5, 0.6) is 11.5 Å². The number of piperazine rings is 1. The average Bonchev–Trinajstić information content (AvgIpc) is 3.58. The molecule has 48 heavy (non-hydrogen) atoms. The van der Waals surface area contributed by atoms with E-state index in [0.29, 0.717) is 53.8 Å². The highest BCUT2D eigenvalue weighted by atomic mass is 19.1. The average molecular weight is 658 g/mol. The lowest BCUT2D eigenvalue weighted by atomic mass is 10.2. The number of urea groups is 1. The summed E-state index contributed by atoms with van der Waals surface area (Å²) in [4.78, 5) is 48.8. The minimum absolute atomic E-state index is 0.0996. The summed E-state index contributed by atoms with van der Waals surface area (Å²) in [6, 6.07) is 15.9. The third-order valence-electron chi connectivity index (χ3n) is 7.73. The molecule has 3 amide bonds. The predicted molar refractivity (Wildman–Crippen MR) is 181 cm³/mol. The van der Waals surface area contributed by atoms with Gasteiger partial charge in [0.15, 0.2) is 0 Å². The number of amides is 3. The van der Waals surface area contributed by atoms with Crippen LogP contribution in [0.15, 0.2) is 73.1 Å². The molecule has 4 N–H and O–H groups in total. The number of halogens is 1. The monoisotopic (exact) mass is 657 g/mol. The number of aromatic nitrogens is 2. The Balaban J connectivity index is 1.05. The fourth-order valence-electron chi connectivity index (χ4n) is 5.22. The molecule has 0 aliphatic carbocycles. The van der Waals surface area contributed by atoms with Gasteiger partial charge in [-0.25, -0.2) is 9.18 Å². The molecule has 5 rings (SSSR count). The first-order chi connectivity index (χ1) is 23.2. The maximum absolute atomic E-state index is 14.0. The molecule has 1 fully saturated rings. The van der Waals surface area contributed by atoms with E-state index in [2.05, 4.69) is 35.7 Å². The maximum Gasteiger partial charge on any atom is 0.323 e. The van der Waals surface area contributed by atoms with Crippen molar-refractivity contribution in [3.05, 3.63) is 90.0 Å². The largest absolute Gasteiger partial charge is 0.465 e. The highest BCUT2D eigenvalue weighted by molar-refractivity contribution is 6.00. The molecule has 3 heterocycles. The lowest BCUT2D eigenvalue weighted by Crippen LogP contribution is -2.48. The summed E-state index contributed by atoms with van der Waals surface area (Å²) in [5.74, 6) is 0.204. The second kappa shape index (κ2) is 16.5. The fraction of sp³-hybridized carbons (Fsp3) is 0.314. The Morgan fingerprint density at radius 3 is 2.48 bits per heavy atom. The standard InChI is InChI=1S/C35H40FN7O5/c1-3-47-33(44)23-43-17-15-42(16-18-43)14-4-12-38-34(45)25-20-31(39-22-25)32-21-28(11-13-37-32)48-27-8-6-26(7-9-27)40-35(46)41-30-19-24(2)5-10-29(30)36/h5-11,13,19-22,39H,3-4,12,14-18,23H2,1-2H3,(H,38,45)(H2,40,41,46). The van der Waals surface area contributed by atoms with Crippen LogP contribution in [0, 0.1) is 12.7 Å². The number of H-pyrrole nitrogens is 1. The summed E-state index contributed by atoms with van der Waals surface area (Å²) in [6.07, 6.45) is 4.09. The number of hydrogen-bond acceptors (Lipinski definition) is 8. The first-order valence-corrected chi connectivity index (χ1v) is 15.9. The lowest BCUT2D eigenvalue weighted by molar-refractivity contribution is -0.144. The van der Waals surface area contributed by atoms with Crippen LogP contribution in [0.3, 0.4) is 0 Å². The van der Waals surface area contributed by atoms with Gasteiger partial charge in [0.25, 0.3) is 5.91 Å². The molecule has 2 aromatic carbocycles. The smallest absolute Gasteiger partial charge is 0.323 e. The highest BCUT2D eigenvalue weighted by Gasteiger charge is 2.19. The first-order valence-electron chi connectivity index (χ1n) is 15.9. The van der Waals surface area contributed by atoms with Crippen molar-refractivity contribution in [3.63, 3.8) is 0 Å². The molecule has 1 saturated heterocycles. The molecule has 0 saturated carbocycles. The van der Waals surface area contributed by atoms with Crippen molar-refractivity contribution in [3.8, 4) is 22.9 Å². The molecule has 12 nitrogen and oxygen atoms in total. The predicted octanol–water partition coefficient (Wildman–Crippen LogP) is 5.26. The number of nitrogens with one attached hydrogen (secondary N) is 4. The van der Waals surface area contributed by atoms with Crippen molar-refractivity contribution in [2.45, 2.75) is 20.3 Å². The molecule has 0 bridgehead atoms. The van der Waals surface area contributed by atoms with Crippen LogP contribution in [0.4, 0.5) is 20.6 Å². The van der Waals surface area contributed by atoms with Gasteiger partial charge in [0.05, 0.1) is 35.8 Å². The quantitative estimate of drug-likeness (QED) is 0.113. The van der Waals surface area contributed by atoms with Crippen molar-refractivity contribution >= 4 is 29.3 Å². The number of carbonyl (C=O) groups excluding carboxylic acids is 3. The Labute approximate surface area is 278 Å². The molecule has 252 valence electrons. The number of anilines is 2. The third kappa shape index (κ3) is 9.86. The van der Waals surface area contributed by atoms with Crippen LogP contribution >= 0.6 is 0 Å². The van der Waals surface area contributed by atoms with E-state index < -0.39 is 11.8 Å². The maximum atomic E-state index is 14.0. The van der Waals surface area contributed by atoms with Gasteiger partial charge in [-0.2, -0.15) is 0 Å². The molecule has 0 atom stereocenters. The molecule has 0 spiro atoms. The number of esters is 1. The zero-order valence-corrected chi connectivity index (χ0v) is 27.1. The van der Waals surface area contributed by atoms with Crippen LogP contribution in [0.25, 0.3) is 11.4 Å². The van der Waals surface area contributed by atoms with Gasteiger partial charge in [0.2, 0.25) is 0 Å². The highest BCUT2D eigenvalue weighted by Crippen LogP contribution is 2.27. The van der Waals surface area contributed by atoms with Crippen LogP contribution in [-0.4, -0.2) is 90.1 Å². The van der Waals surface area contributed by atoms with E-state index in [4.69, 9.17) is 9.47 Å². The van der Waals surface area contributed by atoms with Crippen molar-refractivity contribution in [1.82, 2.24) is 25.1 Å². The van der Waals surface area contributed by atoms with E-state index in [1.165, 1.54) is 6.07 Å². The molecule has 4 aromatic rings. The Morgan fingerprint density at radius 1 is 0.938 bits per heavy atom. The summed E-state index contributed by atoms with van der Waals surface area (Å²) in [5, 5.41) is 8.17. The number of carbonyl (C=O) groups is 3. The third-order valence-corrected chi connectivity index (χ3v) is 7.73. The SMILES string of the molecule is CCOC(=O)CN1CCN(CCCNC(=O)c2c[nH]c(-c3cc(Oc4ccc(NC(=O)Nc5cc(C)ccc5F)cc4)ccn3)c2)CC1. The number of aryl methyl sites for hydroxylation is 1. The van der Waals surface area contributed by atoms with E-state index in [0.717, 1.165) is 44.7 Å². The number of pyridine rings is 1. The topological polar surface area (TPSA) is 141 Å². The van der Waals surface area contributed by atoms with Crippen LogP contribution in [-0.2, 0) is 9.53 Å². The van der Waals surface area contributed by atoms with Crippen molar-refractivity contribution in [1.29, 1.82) is 0 Å². The summed E-state index contributed by atoms with van der Waals surface area (Å²) in [6.45, 7) is 9.17. The van der Waals surface area contributed by atoms with Gasteiger partial charge in [-0.3, -0.25) is 19.5 Å². The fourth-order valence-corrected chi connectivity index (χ4v) is 5.22. The van der Waals surface area contributed by atoms with Gasteiger partial charge in [0, 0.05) is 56.9 Å². The van der Waals surface area contributed by atoms with Gasteiger partial charge in [-0.1, -0.05) is 6.07 Å². The molecular weight excluding hydrogens is 617 g/mol. The van der Waals surface area contributed by atoms with Gasteiger partial charge in [0.1, 0.15) is 17.3 Å².